The summed E-state index contributed by atoms with van der Waals surface area (Å²) in [5.41, 5.74) is 6.88. The van der Waals surface area contributed by atoms with Crippen molar-refractivity contribution < 1.29 is 26.3 Å². The number of para-hydroxylation sites is 1. The predicted octanol–water partition coefficient (Wildman–Crippen LogP) is 16.1. The molecule has 0 bridgehead atoms. The molecule has 11 aromatic rings. The van der Waals surface area contributed by atoms with Gasteiger partial charge in [0.05, 0.1) is 50.6 Å². The highest BCUT2D eigenvalue weighted by Crippen LogP contribution is 2.43. The van der Waals surface area contributed by atoms with Gasteiger partial charge in [0.15, 0.2) is 11.6 Å². The lowest BCUT2D eigenvalue weighted by atomic mass is 9.97. The molecule has 0 aliphatic carbocycles. The molecule has 0 saturated carbocycles. The Balaban J connectivity index is 1.18. The van der Waals surface area contributed by atoms with E-state index in [2.05, 4.69) is 4.57 Å². The molecule has 0 spiro atoms. The molecular weight excluding hydrogens is 881 g/mol. The molecule has 0 aliphatic heterocycles. The summed E-state index contributed by atoms with van der Waals surface area (Å²) in [5, 5.41) is 1.36. The van der Waals surface area contributed by atoms with Crippen LogP contribution in [0.4, 0.5) is 26.3 Å². The first-order chi connectivity index (χ1) is 33.4. The van der Waals surface area contributed by atoms with Crippen molar-refractivity contribution in [1.82, 2.24) is 24.5 Å². The zero-order chi connectivity index (χ0) is 47.3. The topological polar surface area (TPSA) is 56.5 Å². The lowest BCUT2D eigenvalue weighted by molar-refractivity contribution is -0.143. The molecule has 334 valence electrons. The van der Waals surface area contributed by atoms with Gasteiger partial charge in [-0.15, -0.1) is 0 Å². The van der Waals surface area contributed by atoms with Gasteiger partial charge in [0.2, 0.25) is 0 Å². The Labute approximate surface area is 391 Å². The Hall–Kier alpha value is -8.70. The van der Waals surface area contributed by atoms with E-state index >= 15 is 0 Å². The fraction of sp³-hybridized carbons (Fsp3) is 0.0345. The van der Waals surface area contributed by atoms with Crippen molar-refractivity contribution in [2.24, 2.45) is 0 Å². The molecular formula is C58H35F6N5. The molecule has 11 heteroatoms. The van der Waals surface area contributed by atoms with Crippen molar-refractivity contribution in [3.05, 3.63) is 223 Å². The minimum atomic E-state index is -5.00. The van der Waals surface area contributed by atoms with E-state index in [1.165, 1.54) is 0 Å². The summed E-state index contributed by atoms with van der Waals surface area (Å²) in [4.78, 5) is 20.5. The molecule has 0 saturated heterocycles. The number of halogens is 6. The number of hydrogen-bond donors (Lipinski definition) is 0. The van der Waals surface area contributed by atoms with E-state index < -0.39 is 23.5 Å². The number of aromatic nitrogens is 5. The number of benzene rings is 8. The summed E-state index contributed by atoms with van der Waals surface area (Å²) in [6.45, 7) is 0. The van der Waals surface area contributed by atoms with E-state index in [1.54, 1.807) is 18.2 Å². The maximum absolute atomic E-state index is 14.1. The van der Waals surface area contributed by atoms with Gasteiger partial charge in [0.25, 0.3) is 0 Å². The van der Waals surface area contributed by atoms with Crippen molar-refractivity contribution in [3.63, 3.8) is 0 Å². The van der Waals surface area contributed by atoms with E-state index in [4.69, 9.17) is 19.9 Å². The quantitative estimate of drug-likeness (QED) is 0.143. The van der Waals surface area contributed by atoms with Crippen LogP contribution in [0.1, 0.15) is 11.1 Å². The fourth-order valence-electron chi connectivity index (χ4n) is 8.76. The maximum Gasteiger partial charge on any atom is 0.416 e. The van der Waals surface area contributed by atoms with Crippen LogP contribution in [-0.2, 0) is 12.4 Å². The van der Waals surface area contributed by atoms with E-state index in [0.717, 1.165) is 56.5 Å². The monoisotopic (exact) mass is 915 g/mol. The van der Waals surface area contributed by atoms with E-state index in [0.29, 0.717) is 50.9 Å². The molecule has 0 N–H and O–H groups in total. The summed E-state index contributed by atoms with van der Waals surface area (Å²) in [6.07, 6.45) is -10.0. The average Bonchev–Trinajstić information content (AvgIpc) is 3.72. The van der Waals surface area contributed by atoms with Crippen LogP contribution in [0.5, 0.6) is 0 Å². The van der Waals surface area contributed by atoms with Crippen LogP contribution < -0.4 is 0 Å². The van der Waals surface area contributed by atoms with E-state index in [-0.39, 0.29) is 17.2 Å². The number of rotatable bonds is 8. The minimum absolute atomic E-state index is 0.144. The molecule has 0 amide bonds. The van der Waals surface area contributed by atoms with Crippen LogP contribution >= 0.6 is 0 Å². The van der Waals surface area contributed by atoms with Crippen molar-refractivity contribution in [1.29, 1.82) is 0 Å². The van der Waals surface area contributed by atoms with Crippen molar-refractivity contribution in [2.45, 2.75) is 12.4 Å². The van der Waals surface area contributed by atoms with Gasteiger partial charge in [-0.05, 0) is 71.8 Å². The van der Waals surface area contributed by atoms with Gasteiger partial charge in [-0.1, -0.05) is 152 Å². The molecule has 8 aromatic carbocycles. The Kier molecular flexibility index (Phi) is 10.7. The zero-order valence-corrected chi connectivity index (χ0v) is 36.2. The van der Waals surface area contributed by atoms with Gasteiger partial charge < -0.3 is 4.57 Å². The Bertz CT molecular complexity index is 3540. The third-order valence-corrected chi connectivity index (χ3v) is 12.1. The summed E-state index contributed by atoms with van der Waals surface area (Å²) in [5.74, 6) is 1.04. The second-order valence-electron chi connectivity index (χ2n) is 16.5. The third kappa shape index (κ3) is 8.39. The highest BCUT2D eigenvalue weighted by atomic mass is 19.4. The van der Waals surface area contributed by atoms with Gasteiger partial charge in [0.1, 0.15) is 0 Å². The molecule has 0 atom stereocenters. The Morgan fingerprint density at radius 3 is 1.28 bits per heavy atom. The van der Waals surface area contributed by atoms with Crippen molar-refractivity contribution in [3.8, 4) is 84.6 Å². The molecule has 3 aromatic heterocycles. The second-order valence-corrected chi connectivity index (χ2v) is 16.5. The Morgan fingerprint density at radius 2 is 0.739 bits per heavy atom. The Morgan fingerprint density at radius 1 is 0.304 bits per heavy atom. The van der Waals surface area contributed by atoms with Crippen LogP contribution in [0.15, 0.2) is 212 Å². The number of alkyl halides is 6. The molecule has 11 rings (SSSR count). The molecule has 0 fully saturated rings. The molecule has 0 aliphatic rings. The lowest BCUT2D eigenvalue weighted by Gasteiger charge is -2.17. The normalized spacial score (nSPS) is 11.9. The maximum atomic E-state index is 14.1. The first kappa shape index (κ1) is 42.9. The standard InChI is InChI=1S/C58H35F6N5/c59-57(60,61)43-29-42(30-44(33-43)58(62,63)64)40-25-27-53-46(31-40)45-23-13-14-24-52(45)69(53)54-28-26-41(50-34-48(36-15-5-1-6-16-36)65-55(67-50)38-19-9-3-10-20-38)32-47(54)51-35-49(37-17-7-2-8-18-37)66-56(68-51)39-21-11-4-12-22-39/h1-35H. The van der Waals surface area contributed by atoms with Gasteiger partial charge in [-0.2, -0.15) is 26.3 Å². The highest BCUT2D eigenvalue weighted by molar-refractivity contribution is 6.11. The fourth-order valence-corrected chi connectivity index (χ4v) is 8.76. The van der Waals surface area contributed by atoms with Crippen LogP contribution in [0.2, 0.25) is 0 Å². The summed E-state index contributed by atoms with van der Waals surface area (Å²) in [7, 11) is 0. The minimum Gasteiger partial charge on any atom is -0.309 e. The molecule has 5 nitrogen and oxygen atoms in total. The van der Waals surface area contributed by atoms with Crippen LogP contribution in [0.3, 0.4) is 0 Å². The molecule has 0 radical (unpaired) electrons. The number of fused-ring (bicyclic) bond motifs is 3. The zero-order valence-electron chi connectivity index (χ0n) is 36.2. The number of hydrogen-bond acceptors (Lipinski definition) is 4. The van der Waals surface area contributed by atoms with Crippen LogP contribution in [0.25, 0.3) is 106 Å². The highest BCUT2D eigenvalue weighted by Gasteiger charge is 2.37. The largest absolute Gasteiger partial charge is 0.416 e. The molecule has 0 unspecified atom stereocenters. The molecule has 69 heavy (non-hydrogen) atoms. The average molecular weight is 916 g/mol. The van der Waals surface area contributed by atoms with Crippen molar-refractivity contribution >= 4 is 21.8 Å². The van der Waals surface area contributed by atoms with Crippen molar-refractivity contribution in [2.75, 3.05) is 0 Å². The lowest BCUT2D eigenvalue weighted by Crippen LogP contribution is -2.11. The summed E-state index contributed by atoms with van der Waals surface area (Å²) < 4.78 is 86.5. The first-order valence-corrected chi connectivity index (χ1v) is 21.9. The van der Waals surface area contributed by atoms with Gasteiger partial charge in [0, 0.05) is 44.2 Å². The predicted molar refractivity (Wildman–Crippen MR) is 260 cm³/mol. The number of nitrogens with zero attached hydrogens (tertiary/aromatic N) is 5. The van der Waals surface area contributed by atoms with Crippen LogP contribution in [-0.4, -0.2) is 24.5 Å². The smallest absolute Gasteiger partial charge is 0.309 e. The van der Waals surface area contributed by atoms with Gasteiger partial charge in [-0.25, -0.2) is 19.9 Å². The third-order valence-electron chi connectivity index (χ3n) is 12.1. The van der Waals surface area contributed by atoms with Gasteiger partial charge in [-0.3, -0.25) is 0 Å². The SMILES string of the molecule is FC(F)(F)c1cc(-c2ccc3c(c2)c2ccccc2n3-c2ccc(-c3cc(-c4ccccc4)nc(-c4ccccc4)n3)cc2-c2cc(-c3ccccc3)nc(-c3ccccc3)n2)cc(C(F)(F)F)c1. The summed E-state index contributed by atoms with van der Waals surface area (Å²) in [6, 6.07) is 63.3. The van der Waals surface area contributed by atoms with Gasteiger partial charge >= 0.3 is 12.4 Å². The molecule has 3 heterocycles. The second kappa shape index (κ2) is 17.2. The van der Waals surface area contributed by atoms with E-state index in [9.17, 15) is 26.3 Å². The summed E-state index contributed by atoms with van der Waals surface area (Å²) >= 11 is 0. The first-order valence-electron chi connectivity index (χ1n) is 21.9. The van der Waals surface area contributed by atoms with E-state index in [1.807, 2.05) is 176 Å². The van der Waals surface area contributed by atoms with Crippen LogP contribution in [0, 0.1) is 0 Å².